The first-order valence-electron chi connectivity index (χ1n) is 16.4. The van der Waals surface area contributed by atoms with E-state index in [1.807, 2.05) is 0 Å². The van der Waals surface area contributed by atoms with Crippen molar-refractivity contribution in [1.29, 1.82) is 0 Å². The second-order valence-electron chi connectivity index (χ2n) is 10.8. The van der Waals surface area contributed by atoms with Crippen LogP contribution in [0.5, 0.6) is 0 Å². The third-order valence-electron chi connectivity index (χ3n) is 6.70. The Balaban J connectivity index is -0.000000240. The Morgan fingerprint density at radius 3 is 0.625 bits per heavy atom. The molecule has 0 N–H and O–H groups in total. The minimum Gasteiger partial charge on any atom is -0.802 e. The predicted octanol–water partition coefficient (Wildman–Crippen LogP) is 8.88. The van der Waals surface area contributed by atoms with E-state index in [0.717, 1.165) is 38.5 Å². The number of hydrogen-bond acceptors (Lipinski definition) is 6. The summed E-state index contributed by atoms with van der Waals surface area (Å²) >= 11 is 0. The summed E-state index contributed by atoms with van der Waals surface area (Å²) in [6.07, 6.45) is 30.5. The molecule has 0 bridgehead atoms. The monoisotopic (exact) mass is 671 g/mol. The normalized spacial score (nSPS) is 12.8. The summed E-state index contributed by atoms with van der Waals surface area (Å²) in [6, 6.07) is 0. The zero-order valence-electron chi connectivity index (χ0n) is 26.4. The Hall–Kier alpha value is 1.09. The van der Waals surface area contributed by atoms with E-state index in [0.29, 0.717) is 18.5 Å². The third kappa shape index (κ3) is 58.7. The summed E-state index contributed by atoms with van der Waals surface area (Å²) in [7, 11) is -7.31. The molecule has 3 unspecified atom stereocenters. The quantitative estimate of drug-likeness (QED) is 0.0489. The van der Waals surface area contributed by atoms with Crippen LogP contribution in [-0.2, 0) is 30.8 Å². The Kier molecular flexibility index (Phi) is 53.4. The molecule has 0 saturated heterocycles. The van der Waals surface area contributed by atoms with Gasteiger partial charge in [0.1, 0.15) is 0 Å². The fourth-order valence-electron chi connectivity index (χ4n) is 4.21. The summed E-state index contributed by atoms with van der Waals surface area (Å²) in [5.74, 6) is 0. The van der Waals surface area contributed by atoms with Gasteiger partial charge < -0.3 is 28.4 Å². The van der Waals surface area contributed by atoms with Crippen molar-refractivity contribution in [3.05, 3.63) is 0 Å². The van der Waals surface area contributed by atoms with Gasteiger partial charge in [0.2, 0.25) is 0 Å². The van der Waals surface area contributed by atoms with E-state index < -0.39 is 24.1 Å². The van der Waals surface area contributed by atoms with Crippen LogP contribution in [0.25, 0.3) is 0 Å². The summed E-state index contributed by atoms with van der Waals surface area (Å²) in [5, 5.41) is 0. The van der Waals surface area contributed by atoms with Crippen molar-refractivity contribution < 1.29 is 45.4 Å². The molecule has 0 aromatic rings. The maximum atomic E-state index is 10.2. The molecule has 0 aromatic carbocycles. The van der Waals surface area contributed by atoms with Gasteiger partial charge >= 0.3 is 17.1 Å². The molecule has 245 valence electrons. The Morgan fingerprint density at radius 1 is 0.325 bits per heavy atom. The van der Waals surface area contributed by atoms with Crippen LogP contribution >= 0.6 is 24.1 Å². The van der Waals surface area contributed by atoms with Crippen LogP contribution in [0.1, 0.15) is 175 Å². The van der Waals surface area contributed by atoms with Crippen molar-refractivity contribution in [1.82, 2.24) is 0 Å². The molecule has 0 aliphatic heterocycles. The first kappa shape index (κ1) is 48.0. The van der Waals surface area contributed by atoms with Gasteiger partial charge in [0, 0.05) is 24.1 Å². The first-order chi connectivity index (χ1) is 18.8. The van der Waals surface area contributed by atoms with Crippen LogP contribution in [-0.4, -0.2) is 18.5 Å². The molecule has 0 fully saturated rings. The maximum Gasteiger partial charge on any atom is 3.00 e. The van der Waals surface area contributed by atoms with Gasteiger partial charge in [0.15, 0.2) is 0 Å². The van der Waals surface area contributed by atoms with Gasteiger partial charge in [-0.1, -0.05) is 156 Å². The van der Waals surface area contributed by atoms with Gasteiger partial charge in [-0.3, -0.25) is 0 Å². The maximum absolute atomic E-state index is 10.2. The molecular formula is C30H66FeO6P3. The third-order valence-corrected chi connectivity index (χ3v) is 8.99. The van der Waals surface area contributed by atoms with E-state index in [4.69, 9.17) is 0 Å². The van der Waals surface area contributed by atoms with Gasteiger partial charge in [-0.05, 0) is 37.7 Å². The topological polar surface area (TPSA) is 120 Å². The van der Waals surface area contributed by atoms with E-state index in [-0.39, 0.29) is 17.1 Å². The largest absolute Gasteiger partial charge is 3.00 e. The van der Waals surface area contributed by atoms with Gasteiger partial charge in [-0.15, -0.1) is 0 Å². The summed E-state index contributed by atoms with van der Waals surface area (Å²) in [4.78, 5) is 30.7. The molecule has 10 heteroatoms. The molecule has 0 saturated carbocycles. The molecule has 0 rings (SSSR count). The molecule has 0 aromatic heterocycles. The number of rotatable bonds is 27. The molecule has 1 radical (unpaired) electrons. The molecule has 0 heterocycles. The first-order valence-corrected chi connectivity index (χ1v) is 21.0. The van der Waals surface area contributed by atoms with Gasteiger partial charge in [-0.25, -0.2) is 0 Å². The van der Waals surface area contributed by atoms with Gasteiger partial charge in [0.05, 0.1) is 0 Å². The fraction of sp³-hybridized carbons (Fsp3) is 1.00. The smallest absolute Gasteiger partial charge is 0.802 e. The van der Waals surface area contributed by atoms with Gasteiger partial charge in [-0.2, -0.15) is 0 Å². The van der Waals surface area contributed by atoms with Crippen molar-refractivity contribution >= 4 is 24.1 Å². The van der Waals surface area contributed by atoms with Crippen LogP contribution < -0.4 is 14.7 Å². The van der Waals surface area contributed by atoms with Crippen molar-refractivity contribution in [2.75, 3.05) is 18.5 Å². The summed E-state index contributed by atoms with van der Waals surface area (Å²) in [6.45, 7) is 6.64. The molecule has 40 heavy (non-hydrogen) atoms. The molecule has 3 atom stereocenters. The average molecular weight is 672 g/mol. The molecule has 0 aliphatic carbocycles. The summed E-state index contributed by atoms with van der Waals surface area (Å²) in [5.41, 5.74) is 0. The van der Waals surface area contributed by atoms with Gasteiger partial charge in [0.25, 0.3) is 0 Å². The average Bonchev–Trinajstić information content (AvgIpc) is 2.89. The fourth-order valence-corrected chi connectivity index (χ4v) is 5.83. The number of unbranched alkanes of at least 4 members (excludes halogenated alkanes) is 21. The Bertz CT molecular complexity index is 456. The molecule has 0 amide bonds. The standard InChI is InChI=1S/3C10H23O2P.Fe/c3*1-2-3-4-5-6-7-8-9-10-13(11)12;/h3*13H,2-10H2,1H3,(H,11,12);/q;;;+3/p-3. The molecular weight excluding hydrogens is 605 g/mol. The second-order valence-corrected chi connectivity index (χ2v) is 14.5. The number of hydrogen-bond donors (Lipinski definition) is 0. The Morgan fingerprint density at radius 2 is 0.475 bits per heavy atom. The van der Waals surface area contributed by atoms with E-state index >= 15 is 0 Å². The van der Waals surface area contributed by atoms with E-state index in [2.05, 4.69) is 20.8 Å². The minimum absolute atomic E-state index is 0. The van der Waals surface area contributed by atoms with Crippen molar-refractivity contribution in [3.63, 3.8) is 0 Å². The van der Waals surface area contributed by atoms with Crippen LogP contribution in [0.15, 0.2) is 0 Å². The van der Waals surface area contributed by atoms with Crippen molar-refractivity contribution in [2.24, 2.45) is 0 Å². The Labute approximate surface area is 262 Å². The van der Waals surface area contributed by atoms with E-state index in [9.17, 15) is 28.4 Å². The minimum atomic E-state index is -2.44. The SMILES string of the molecule is CCCCCCCCCC[PH](=O)[O-].CCCCCCCCCC[PH](=O)[O-].CCCCCCCCCC[PH](=O)[O-].[Fe+3]. The van der Waals surface area contributed by atoms with Crippen molar-refractivity contribution in [3.8, 4) is 0 Å². The van der Waals surface area contributed by atoms with Crippen LogP contribution in [0.3, 0.4) is 0 Å². The molecule has 0 aliphatic rings. The predicted molar refractivity (Wildman–Crippen MR) is 169 cm³/mol. The zero-order chi connectivity index (χ0) is 29.8. The van der Waals surface area contributed by atoms with Crippen LogP contribution in [0.4, 0.5) is 0 Å². The second kappa shape index (κ2) is 44.5. The van der Waals surface area contributed by atoms with E-state index in [1.54, 1.807) is 0 Å². The zero-order valence-corrected chi connectivity index (χ0v) is 30.5. The molecule has 6 nitrogen and oxygen atoms in total. The summed E-state index contributed by atoms with van der Waals surface area (Å²) < 4.78 is 30.7. The van der Waals surface area contributed by atoms with Crippen LogP contribution in [0, 0.1) is 0 Å². The van der Waals surface area contributed by atoms with Crippen molar-refractivity contribution in [2.45, 2.75) is 175 Å². The van der Waals surface area contributed by atoms with E-state index in [1.165, 1.54) is 116 Å². The molecule has 0 spiro atoms. The van der Waals surface area contributed by atoms with Crippen LogP contribution in [0.2, 0.25) is 0 Å².